The van der Waals surface area contributed by atoms with Crippen LogP contribution in [0, 0.1) is 11.8 Å². The van der Waals surface area contributed by atoms with Gasteiger partial charge in [0.1, 0.15) is 17.0 Å². The van der Waals surface area contributed by atoms with Crippen molar-refractivity contribution in [1.29, 1.82) is 0 Å². The SMILES string of the molecule is C=CC1CCC(Cn2c(C(C)(OC)c3ccccn3)nc3nc(-c4n[nH]c(=O)o4)nc(-c4cccc(Cl)c4)c32)CC1. The van der Waals surface area contributed by atoms with Crippen LogP contribution in [-0.4, -0.2) is 41.8 Å². The molecule has 0 bridgehead atoms. The van der Waals surface area contributed by atoms with E-state index in [0.717, 1.165) is 36.8 Å². The van der Waals surface area contributed by atoms with Crippen LogP contribution in [-0.2, 0) is 16.9 Å². The minimum absolute atomic E-state index is 0.0294. The zero-order valence-corrected chi connectivity index (χ0v) is 23.6. The topological polar surface area (TPSA) is 125 Å². The number of hydrogen-bond acceptors (Lipinski definition) is 8. The lowest BCUT2D eigenvalue weighted by Gasteiger charge is -2.31. The van der Waals surface area contributed by atoms with Crippen molar-refractivity contribution in [2.24, 2.45) is 11.8 Å². The number of H-pyrrole nitrogens is 1. The number of benzene rings is 1. The zero-order chi connectivity index (χ0) is 28.6. The summed E-state index contributed by atoms with van der Waals surface area (Å²) in [6, 6.07) is 13.2. The van der Waals surface area contributed by atoms with Crippen molar-refractivity contribution in [3.63, 3.8) is 0 Å². The number of aromatic nitrogens is 7. The Morgan fingerprint density at radius 2 is 2.00 bits per heavy atom. The molecule has 0 amide bonds. The van der Waals surface area contributed by atoms with Gasteiger partial charge in [0.15, 0.2) is 11.2 Å². The smallest absolute Gasteiger partial charge is 0.384 e. The Hall–Kier alpha value is -4.15. The van der Waals surface area contributed by atoms with E-state index in [4.69, 9.17) is 35.7 Å². The molecule has 1 aromatic carbocycles. The van der Waals surface area contributed by atoms with Gasteiger partial charge in [-0.3, -0.25) is 4.98 Å². The molecule has 210 valence electrons. The van der Waals surface area contributed by atoms with E-state index < -0.39 is 11.4 Å². The van der Waals surface area contributed by atoms with Crippen LogP contribution in [0.5, 0.6) is 0 Å². The monoisotopic (exact) mass is 571 g/mol. The number of pyridine rings is 1. The van der Waals surface area contributed by atoms with Gasteiger partial charge in [0.25, 0.3) is 5.89 Å². The Balaban J connectivity index is 1.62. The molecule has 1 N–H and O–H groups in total. The number of methoxy groups -OCH3 is 1. The third-order valence-corrected chi connectivity index (χ3v) is 8.22. The summed E-state index contributed by atoms with van der Waals surface area (Å²) in [7, 11) is 1.65. The Bertz CT molecular complexity index is 1760. The van der Waals surface area contributed by atoms with Crippen LogP contribution < -0.4 is 5.76 Å². The largest absolute Gasteiger partial charge is 0.434 e. The van der Waals surface area contributed by atoms with Crippen molar-refractivity contribution in [2.75, 3.05) is 7.11 Å². The summed E-state index contributed by atoms with van der Waals surface area (Å²) in [4.78, 5) is 31.1. The second-order valence-corrected chi connectivity index (χ2v) is 10.9. The maximum atomic E-state index is 11.8. The van der Waals surface area contributed by atoms with E-state index in [-0.39, 0.29) is 11.7 Å². The first-order valence-corrected chi connectivity index (χ1v) is 14.0. The third kappa shape index (κ3) is 5.09. The van der Waals surface area contributed by atoms with Crippen LogP contribution in [0.4, 0.5) is 0 Å². The standard InChI is InChI=1S/C30H30ClN7O3/c1-4-18-11-13-19(14-12-18)17-38-24-23(20-8-7-9-21(31)16-20)33-26(27-36-37-29(39)41-27)34-25(24)35-28(38)30(2,40-3)22-10-5-6-15-32-22/h4-10,15-16,18-19H,1,11-14,17H2,2-3H3,(H,37,39). The molecule has 1 saturated carbocycles. The fraction of sp³-hybridized carbons (Fsp3) is 0.333. The first kappa shape index (κ1) is 27.0. The van der Waals surface area contributed by atoms with Crippen LogP contribution in [0.3, 0.4) is 0 Å². The number of nitrogens with zero attached hydrogens (tertiary/aromatic N) is 6. The van der Waals surface area contributed by atoms with E-state index in [0.29, 0.717) is 46.3 Å². The van der Waals surface area contributed by atoms with Crippen molar-refractivity contribution in [3.8, 4) is 23.0 Å². The first-order chi connectivity index (χ1) is 19.9. The molecule has 1 aliphatic rings. The summed E-state index contributed by atoms with van der Waals surface area (Å²) in [5, 5.41) is 6.81. The van der Waals surface area contributed by atoms with Crippen LogP contribution in [0.15, 0.2) is 70.5 Å². The fourth-order valence-corrected chi connectivity index (χ4v) is 5.85. The molecule has 1 fully saturated rings. The van der Waals surface area contributed by atoms with Gasteiger partial charge in [-0.1, -0.05) is 35.9 Å². The van der Waals surface area contributed by atoms with E-state index in [2.05, 4.69) is 32.4 Å². The summed E-state index contributed by atoms with van der Waals surface area (Å²) in [6.45, 7) is 6.65. The Labute approximate surface area is 241 Å². The number of rotatable bonds is 8. The number of fused-ring (bicyclic) bond motifs is 1. The Morgan fingerprint density at radius 3 is 2.66 bits per heavy atom. The molecular formula is C30H30ClN7O3. The van der Waals surface area contributed by atoms with E-state index in [1.165, 1.54) is 0 Å². The first-order valence-electron chi connectivity index (χ1n) is 13.6. The van der Waals surface area contributed by atoms with E-state index in [9.17, 15) is 4.79 Å². The molecule has 4 aromatic heterocycles. The minimum atomic E-state index is -0.995. The number of ether oxygens (including phenoxy) is 1. The molecule has 5 aromatic rings. The molecule has 0 spiro atoms. The summed E-state index contributed by atoms with van der Waals surface area (Å²) >= 11 is 6.43. The molecule has 6 rings (SSSR count). The van der Waals surface area contributed by atoms with Crippen molar-refractivity contribution >= 4 is 22.8 Å². The van der Waals surface area contributed by atoms with Crippen LogP contribution in [0.2, 0.25) is 5.02 Å². The highest BCUT2D eigenvalue weighted by Gasteiger charge is 2.38. The van der Waals surface area contributed by atoms with Crippen LogP contribution in [0.25, 0.3) is 34.1 Å². The predicted octanol–water partition coefficient (Wildman–Crippen LogP) is 5.79. The molecule has 0 aliphatic heterocycles. The molecule has 1 aliphatic carbocycles. The molecule has 1 atom stereocenters. The van der Waals surface area contributed by atoms with Crippen LogP contribution >= 0.6 is 11.6 Å². The highest BCUT2D eigenvalue weighted by Crippen LogP contribution is 2.39. The second kappa shape index (κ2) is 11.0. The van der Waals surface area contributed by atoms with Gasteiger partial charge in [0.2, 0.25) is 5.82 Å². The maximum Gasteiger partial charge on any atom is 0.434 e. The molecule has 1 unspecified atom stereocenters. The van der Waals surface area contributed by atoms with Crippen molar-refractivity contribution in [3.05, 3.63) is 88.4 Å². The van der Waals surface area contributed by atoms with Gasteiger partial charge in [-0.05, 0) is 68.7 Å². The summed E-state index contributed by atoms with van der Waals surface area (Å²) in [5.41, 5.74) is 2.23. The number of hydrogen-bond donors (Lipinski definition) is 1. The molecular weight excluding hydrogens is 542 g/mol. The number of allylic oxidation sites excluding steroid dienone is 1. The summed E-state index contributed by atoms with van der Waals surface area (Å²) < 4.78 is 13.6. The van der Waals surface area contributed by atoms with Crippen molar-refractivity contribution in [1.82, 2.24) is 34.7 Å². The lowest BCUT2D eigenvalue weighted by molar-refractivity contribution is 0.0242. The molecule has 0 saturated heterocycles. The van der Waals surface area contributed by atoms with E-state index in [1.807, 2.05) is 43.3 Å². The minimum Gasteiger partial charge on any atom is -0.384 e. The second-order valence-electron chi connectivity index (χ2n) is 10.5. The number of halogens is 1. The Morgan fingerprint density at radius 1 is 1.17 bits per heavy atom. The molecule has 0 radical (unpaired) electrons. The summed E-state index contributed by atoms with van der Waals surface area (Å²) in [6.07, 6.45) is 8.12. The highest BCUT2D eigenvalue weighted by molar-refractivity contribution is 6.30. The van der Waals surface area contributed by atoms with Gasteiger partial charge in [-0.15, -0.1) is 11.7 Å². The highest BCUT2D eigenvalue weighted by atomic mass is 35.5. The average Bonchev–Trinajstić information content (AvgIpc) is 3.61. The van der Waals surface area contributed by atoms with Gasteiger partial charge in [0, 0.05) is 30.4 Å². The fourth-order valence-electron chi connectivity index (χ4n) is 5.66. The molecule has 10 nitrogen and oxygen atoms in total. The number of nitrogens with one attached hydrogen (secondary N) is 1. The number of aromatic amines is 1. The van der Waals surface area contributed by atoms with Gasteiger partial charge in [0.05, 0.1) is 5.69 Å². The van der Waals surface area contributed by atoms with Gasteiger partial charge in [-0.2, -0.15) is 0 Å². The van der Waals surface area contributed by atoms with Gasteiger partial charge in [-0.25, -0.2) is 24.8 Å². The maximum absolute atomic E-state index is 11.8. The quantitative estimate of drug-likeness (QED) is 0.232. The Kier molecular flexibility index (Phi) is 7.27. The van der Waals surface area contributed by atoms with E-state index in [1.54, 1.807) is 19.4 Å². The van der Waals surface area contributed by atoms with E-state index >= 15 is 0 Å². The lowest BCUT2D eigenvalue weighted by Crippen LogP contribution is -2.32. The van der Waals surface area contributed by atoms with Gasteiger partial charge >= 0.3 is 5.76 Å². The molecule has 11 heteroatoms. The number of imidazole rings is 1. The average molecular weight is 572 g/mol. The van der Waals surface area contributed by atoms with Crippen LogP contribution in [0.1, 0.15) is 44.1 Å². The van der Waals surface area contributed by atoms with Gasteiger partial charge < -0.3 is 13.7 Å². The summed E-state index contributed by atoms with van der Waals surface area (Å²) in [5.74, 6) is 1.00. The molecule has 4 heterocycles. The van der Waals surface area contributed by atoms with Crippen molar-refractivity contribution < 1.29 is 9.15 Å². The van der Waals surface area contributed by atoms with Crippen molar-refractivity contribution in [2.45, 2.75) is 44.8 Å². The predicted molar refractivity (Wildman–Crippen MR) is 155 cm³/mol. The molecule has 41 heavy (non-hydrogen) atoms. The zero-order valence-electron chi connectivity index (χ0n) is 22.9. The third-order valence-electron chi connectivity index (χ3n) is 7.98. The lowest BCUT2D eigenvalue weighted by atomic mass is 9.82. The normalized spacial score (nSPS) is 18.8.